The minimum absolute atomic E-state index is 0.0369. The molecule has 1 N–H and O–H groups in total. The molecule has 0 spiro atoms. The number of hydrogen-bond donors (Lipinski definition) is 1. The van der Waals surface area contributed by atoms with Crippen LogP contribution in [0.2, 0.25) is 0 Å². The first-order chi connectivity index (χ1) is 10.2. The smallest absolute Gasteiger partial charge is 0.407 e. The Morgan fingerprint density at radius 3 is 2.73 bits per heavy atom. The number of aryl methyl sites for hydroxylation is 1. The van der Waals surface area contributed by atoms with Gasteiger partial charge in [0.05, 0.1) is 0 Å². The van der Waals surface area contributed by atoms with Crippen molar-refractivity contribution in [2.75, 3.05) is 6.54 Å². The highest BCUT2D eigenvalue weighted by Gasteiger charge is 2.17. The van der Waals surface area contributed by atoms with Crippen molar-refractivity contribution in [3.8, 4) is 0 Å². The minimum Gasteiger partial charge on any atom is -0.444 e. The second-order valence-electron chi connectivity index (χ2n) is 6.62. The van der Waals surface area contributed by atoms with Crippen LogP contribution in [0.3, 0.4) is 0 Å². The van der Waals surface area contributed by atoms with Crippen LogP contribution >= 0.6 is 0 Å². The lowest BCUT2D eigenvalue weighted by Crippen LogP contribution is -2.35. The van der Waals surface area contributed by atoms with Crippen LogP contribution in [-0.2, 0) is 4.74 Å². The van der Waals surface area contributed by atoms with E-state index >= 15 is 0 Å². The third-order valence-electron chi connectivity index (χ3n) is 3.42. The van der Waals surface area contributed by atoms with E-state index in [4.69, 9.17) is 4.74 Å². The number of ether oxygens (including phenoxy) is 1. The maximum absolute atomic E-state index is 13.6. The van der Waals surface area contributed by atoms with Crippen LogP contribution in [0.5, 0.6) is 0 Å². The molecule has 0 saturated carbocycles. The molecule has 1 heterocycles. The highest BCUT2D eigenvalue weighted by Crippen LogP contribution is 2.23. The molecular formula is C17H23FN2O2. The maximum Gasteiger partial charge on any atom is 0.407 e. The van der Waals surface area contributed by atoms with Crippen molar-refractivity contribution >= 4 is 17.0 Å². The third-order valence-corrected chi connectivity index (χ3v) is 3.42. The van der Waals surface area contributed by atoms with Crippen molar-refractivity contribution in [2.45, 2.75) is 46.3 Å². The number of rotatable bonds is 3. The molecule has 0 aliphatic heterocycles. The molecule has 120 valence electrons. The first-order valence-electron chi connectivity index (χ1n) is 7.41. The predicted octanol–water partition coefficient (Wildman–Crippen LogP) is 4.17. The Balaban J connectivity index is 2.09. The van der Waals surface area contributed by atoms with E-state index in [0.29, 0.717) is 12.1 Å². The average molecular weight is 306 g/mol. The molecule has 2 rings (SSSR count). The second-order valence-corrected chi connectivity index (χ2v) is 6.62. The van der Waals surface area contributed by atoms with Gasteiger partial charge in [-0.15, -0.1) is 0 Å². The van der Waals surface area contributed by atoms with Crippen LogP contribution in [-0.4, -0.2) is 22.8 Å². The van der Waals surface area contributed by atoms with E-state index in [1.807, 2.05) is 50.6 Å². The normalized spacial score (nSPS) is 13.2. The predicted molar refractivity (Wildman–Crippen MR) is 85.6 cm³/mol. The summed E-state index contributed by atoms with van der Waals surface area (Å²) in [5, 5.41) is 3.62. The number of alkyl carbamates (subject to hydrolysis) is 1. The summed E-state index contributed by atoms with van der Waals surface area (Å²) in [5.41, 5.74) is 1.05. The molecule has 1 aromatic carbocycles. The molecule has 0 radical (unpaired) electrons. The van der Waals surface area contributed by atoms with Crippen LogP contribution in [0.15, 0.2) is 24.4 Å². The van der Waals surface area contributed by atoms with E-state index in [1.165, 1.54) is 6.07 Å². The lowest BCUT2D eigenvalue weighted by molar-refractivity contribution is 0.0521. The quantitative estimate of drug-likeness (QED) is 0.924. The molecule has 0 unspecified atom stereocenters. The Morgan fingerprint density at radius 1 is 1.41 bits per heavy atom. The summed E-state index contributed by atoms with van der Waals surface area (Å²) >= 11 is 0. The largest absolute Gasteiger partial charge is 0.444 e. The first kappa shape index (κ1) is 16.3. The molecule has 2 aromatic rings. The number of carbonyl (C=O) groups is 1. The number of benzene rings is 1. The number of fused-ring (bicyclic) bond motifs is 1. The maximum atomic E-state index is 13.6. The number of carbonyl (C=O) groups excluding carboxylic acids is 1. The molecule has 5 heteroatoms. The van der Waals surface area contributed by atoms with Crippen LogP contribution < -0.4 is 5.32 Å². The van der Waals surface area contributed by atoms with Crippen LogP contribution in [0.4, 0.5) is 9.18 Å². The van der Waals surface area contributed by atoms with E-state index in [1.54, 1.807) is 6.92 Å². The van der Waals surface area contributed by atoms with Gasteiger partial charge in [-0.05, 0) is 58.4 Å². The van der Waals surface area contributed by atoms with Gasteiger partial charge in [0.15, 0.2) is 0 Å². The van der Waals surface area contributed by atoms with Gasteiger partial charge in [0, 0.05) is 29.7 Å². The topological polar surface area (TPSA) is 43.3 Å². The Morgan fingerprint density at radius 2 is 2.09 bits per heavy atom. The minimum atomic E-state index is -0.512. The fourth-order valence-corrected chi connectivity index (χ4v) is 2.31. The Hall–Kier alpha value is -2.04. The van der Waals surface area contributed by atoms with Gasteiger partial charge in [-0.2, -0.15) is 0 Å². The fourth-order valence-electron chi connectivity index (χ4n) is 2.31. The molecule has 0 aliphatic carbocycles. The molecule has 0 fully saturated rings. The number of nitrogens with zero attached hydrogens (tertiary/aromatic N) is 1. The first-order valence-corrected chi connectivity index (χ1v) is 7.41. The second kappa shape index (κ2) is 5.99. The highest BCUT2D eigenvalue weighted by molar-refractivity contribution is 5.81. The molecule has 0 aliphatic rings. The van der Waals surface area contributed by atoms with Crippen molar-refractivity contribution in [1.29, 1.82) is 0 Å². The molecule has 0 saturated heterocycles. The zero-order chi connectivity index (χ0) is 16.5. The molecule has 1 atom stereocenters. The number of nitrogens with one attached hydrogen (secondary N) is 1. The van der Waals surface area contributed by atoms with Crippen LogP contribution in [0.25, 0.3) is 10.9 Å². The molecule has 1 amide bonds. The molecular weight excluding hydrogens is 283 g/mol. The van der Waals surface area contributed by atoms with E-state index in [9.17, 15) is 9.18 Å². The Bertz CT molecular complexity index is 686. The van der Waals surface area contributed by atoms with Crippen molar-refractivity contribution < 1.29 is 13.9 Å². The van der Waals surface area contributed by atoms with Gasteiger partial charge in [-0.25, -0.2) is 9.18 Å². The molecule has 0 bridgehead atoms. The Kier molecular flexibility index (Phi) is 4.44. The van der Waals surface area contributed by atoms with E-state index in [2.05, 4.69) is 5.32 Å². The summed E-state index contributed by atoms with van der Waals surface area (Å²) in [7, 11) is 0. The standard InChI is InChI=1S/C17H23FN2O2/c1-11-8-15-13(9-14(11)18)6-7-20(15)12(2)10-19-16(21)22-17(3,4)5/h6-9,12H,10H2,1-5H3,(H,19,21)/t12-/m1/s1. The van der Waals surface area contributed by atoms with Crippen molar-refractivity contribution in [3.63, 3.8) is 0 Å². The zero-order valence-electron chi connectivity index (χ0n) is 13.7. The molecule has 1 aromatic heterocycles. The van der Waals surface area contributed by atoms with E-state index in [0.717, 1.165) is 10.9 Å². The lowest BCUT2D eigenvalue weighted by Gasteiger charge is -2.21. The monoisotopic (exact) mass is 306 g/mol. The van der Waals surface area contributed by atoms with Crippen LogP contribution in [0, 0.1) is 12.7 Å². The fraction of sp³-hybridized carbons (Fsp3) is 0.471. The van der Waals surface area contributed by atoms with Gasteiger partial charge in [-0.1, -0.05) is 0 Å². The van der Waals surface area contributed by atoms with Gasteiger partial charge < -0.3 is 14.6 Å². The van der Waals surface area contributed by atoms with E-state index < -0.39 is 11.7 Å². The van der Waals surface area contributed by atoms with Crippen molar-refractivity contribution in [1.82, 2.24) is 9.88 Å². The van der Waals surface area contributed by atoms with Gasteiger partial charge in [-0.3, -0.25) is 0 Å². The molecule has 22 heavy (non-hydrogen) atoms. The average Bonchev–Trinajstić information content (AvgIpc) is 2.77. The highest BCUT2D eigenvalue weighted by atomic mass is 19.1. The summed E-state index contributed by atoms with van der Waals surface area (Å²) in [4.78, 5) is 11.7. The molecule has 4 nitrogen and oxygen atoms in total. The summed E-state index contributed by atoms with van der Waals surface area (Å²) in [6.45, 7) is 9.66. The van der Waals surface area contributed by atoms with Crippen LogP contribution in [0.1, 0.15) is 39.3 Å². The summed E-state index contributed by atoms with van der Waals surface area (Å²) in [6, 6.07) is 5.28. The number of hydrogen-bond acceptors (Lipinski definition) is 2. The van der Waals surface area contributed by atoms with Crippen molar-refractivity contribution in [2.24, 2.45) is 0 Å². The third kappa shape index (κ3) is 3.78. The van der Waals surface area contributed by atoms with Gasteiger partial charge in [0.25, 0.3) is 0 Å². The van der Waals surface area contributed by atoms with Gasteiger partial charge in [0.1, 0.15) is 11.4 Å². The van der Waals surface area contributed by atoms with Gasteiger partial charge >= 0.3 is 6.09 Å². The number of amides is 1. The SMILES string of the molecule is Cc1cc2c(ccn2[C@H](C)CNC(=O)OC(C)(C)C)cc1F. The lowest BCUT2D eigenvalue weighted by atomic mass is 10.1. The van der Waals surface area contributed by atoms with Gasteiger partial charge in [0.2, 0.25) is 0 Å². The summed E-state index contributed by atoms with van der Waals surface area (Å²) in [6.07, 6.45) is 1.48. The number of halogens is 1. The van der Waals surface area contributed by atoms with E-state index in [-0.39, 0.29) is 11.9 Å². The van der Waals surface area contributed by atoms with Crippen molar-refractivity contribution in [3.05, 3.63) is 35.8 Å². The summed E-state index contributed by atoms with van der Waals surface area (Å²) < 4.78 is 20.8. The Labute approximate surface area is 130 Å². The summed E-state index contributed by atoms with van der Waals surface area (Å²) in [5.74, 6) is -0.204. The zero-order valence-corrected chi connectivity index (χ0v) is 13.7. The number of aromatic nitrogens is 1.